The highest BCUT2D eigenvalue weighted by molar-refractivity contribution is 6.31. The van der Waals surface area contributed by atoms with Gasteiger partial charge in [0, 0.05) is 24.5 Å². The number of carbonyl (C=O) groups is 2. The van der Waals surface area contributed by atoms with Crippen LogP contribution in [0.1, 0.15) is 47.8 Å². The number of furan rings is 1. The molecule has 1 N–H and O–H groups in total. The van der Waals surface area contributed by atoms with Gasteiger partial charge in [-0.1, -0.05) is 11.6 Å². The molecule has 2 amide bonds. The quantitative estimate of drug-likeness (QED) is 0.802. The van der Waals surface area contributed by atoms with Crippen LogP contribution in [-0.2, 0) is 4.79 Å². The molecule has 2 aliphatic heterocycles. The number of likely N-dealkylation sites (tertiary alicyclic amines) is 1. The van der Waals surface area contributed by atoms with Crippen LogP contribution in [0.3, 0.4) is 0 Å². The van der Waals surface area contributed by atoms with Crippen LogP contribution in [0.2, 0.25) is 5.02 Å². The van der Waals surface area contributed by atoms with E-state index in [0.29, 0.717) is 35.8 Å². The molecule has 2 saturated heterocycles. The van der Waals surface area contributed by atoms with Gasteiger partial charge in [-0.05, 0) is 62.7 Å². The van der Waals surface area contributed by atoms with Crippen LogP contribution in [0.25, 0.3) is 0 Å². The van der Waals surface area contributed by atoms with E-state index in [1.807, 2.05) is 12.1 Å². The summed E-state index contributed by atoms with van der Waals surface area (Å²) >= 11 is 6.14. The summed E-state index contributed by atoms with van der Waals surface area (Å²) in [6, 6.07) is 8.90. The predicted octanol–water partition coefficient (Wildman–Crippen LogP) is 3.63. The van der Waals surface area contributed by atoms with Gasteiger partial charge < -0.3 is 14.6 Å². The van der Waals surface area contributed by atoms with E-state index < -0.39 is 0 Å². The topological polar surface area (TPSA) is 65.8 Å². The van der Waals surface area contributed by atoms with Gasteiger partial charge in [-0.15, -0.1) is 0 Å². The first kappa shape index (κ1) is 19.0. The Morgan fingerprint density at radius 3 is 2.68 bits per heavy atom. The van der Waals surface area contributed by atoms with E-state index in [4.69, 9.17) is 16.0 Å². The third-order valence-electron chi connectivity index (χ3n) is 5.48. The van der Waals surface area contributed by atoms with Crippen molar-refractivity contribution >= 4 is 29.1 Å². The number of nitrogens with one attached hydrogen (secondary N) is 1. The first-order chi connectivity index (χ1) is 13.6. The maximum absolute atomic E-state index is 13.0. The summed E-state index contributed by atoms with van der Waals surface area (Å²) in [6.07, 6.45) is 5.27. The van der Waals surface area contributed by atoms with E-state index in [0.717, 1.165) is 38.1 Å². The van der Waals surface area contributed by atoms with E-state index in [1.54, 1.807) is 29.4 Å². The lowest BCUT2D eigenvalue weighted by atomic mass is 10.1. The van der Waals surface area contributed by atoms with Gasteiger partial charge in [0.25, 0.3) is 5.91 Å². The molecule has 2 aromatic rings. The first-order valence-corrected chi connectivity index (χ1v) is 10.2. The summed E-state index contributed by atoms with van der Waals surface area (Å²) in [5.74, 6) is 0.678. The maximum atomic E-state index is 13.0. The molecule has 0 aliphatic carbocycles. The van der Waals surface area contributed by atoms with Crippen molar-refractivity contribution in [3.05, 3.63) is 52.9 Å². The monoisotopic (exact) mass is 401 g/mol. The number of nitrogens with zero attached hydrogens (tertiary/aromatic N) is 2. The van der Waals surface area contributed by atoms with Crippen LogP contribution in [0.4, 0.5) is 5.69 Å². The Kier molecular flexibility index (Phi) is 5.69. The summed E-state index contributed by atoms with van der Waals surface area (Å²) in [7, 11) is 0. The standard InChI is InChI=1S/C21H24ClN3O3/c22-15-7-8-16(17(13-15)25-11-3-6-20(25)26)21(27)23-14-18(19-5-4-12-28-19)24-9-1-2-10-24/h4-5,7-8,12-13,18H,1-3,6,9-11,14H2,(H,23,27). The lowest BCUT2D eigenvalue weighted by Gasteiger charge is -2.26. The van der Waals surface area contributed by atoms with Crippen molar-refractivity contribution < 1.29 is 14.0 Å². The molecule has 1 unspecified atom stereocenters. The number of rotatable bonds is 6. The number of carbonyl (C=O) groups excluding carboxylic acids is 2. The van der Waals surface area contributed by atoms with Gasteiger partial charge in [-0.3, -0.25) is 14.5 Å². The molecule has 0 bridgehead atoms. The number of halogens is 1. The minimum Gasteiger partial charge on any atom is -0.468 e. The third-order valence-corrected chi connectivity index (χ3v) is 5.71. The first-order valence-electron chi connectivity index (χ1n) is 9.79. The summed E-state index contributed by atoms with van der Waals surface area (Å²) in [5.41, 5.74) is 1.06. The molecule has 2 fully saturated rings. The molecule has 0 spiro atoms. The lowest BCUT2D eigenvalue weighted by Crippen LogP contribution is -2.37. The molecule has 1 aromatic heterocycles. The molecule has 1 atom stereocenters. The van der Waals surface area contributed by atoms with E-state index in [2.05, 4.69) is 10.2 Å². The van der Waals surface area contributed by atoms with Crippen LogP contribution in [0, 0.1) is 0 Å². The van der Waals surface area contributed by atoms with Crippen molar-refractivity contribution in [3.8, 4) is 0 Å². The number of amides is 2. The van der Waals surface area contributed by atoms with Gasteiger partial charge in [0.15, 0.2) is 0 Å². The van der Waals surface area contributed by atoms with Gasteiger partial charge in [-0.25, -0.2) is 0 Å². The van der Waals surface area contributed by atoms with E-state index >= 15 is 0 Å². The molecule has 7 heteroatoms. The Morgan fingerprint density at radius 1 is 1.18 bits per heavy atom. The zero-order valence-electron chi connectivity index (χ0n) is 15.7. The van der Waals surface area contributed by atoms with Crippen molar-refractivity contribution in [1.82, 2.24) is 10.2 Å². The molecule has 0 radical (unpaired) electrons. The number of anilines is 1. The predicted molar refractivity (Wildman–Crippen MR) is 108 cm³/mol. The van der Waals surface area contributed by atoms with Crippen LogP contribution >= 0.6 is 11.6 Å². The Balaban J connectivity index is 1.52. The Hall–Kier alpha value is -2.31. The van der Waals surface area contributed by atoms with Crippen molar-refractivity contribution in [1.29, 1.82) is 0 Å². The maximum Gasteiger partial charge on any atom is 0.253 e. The molecule has 28 heavy (non-hydrogen) atoms. The summed E-state index contributed by atoms with van der Waals surface area (Å²) in [6.45, 7) is 3.05. The number of benzene rings is 1. The SMILES string of the molecule is O=C(NCC(c1ccco1)N1CCCC1)c1ccc(Cl)cc1N1CCCC1=O. The van der Waals surface area contributed by atoms with Crippen molar-refractivity contribution in [2.45, 2.75) is 31.7 Å². The van der Waals surface area contributed by atoms with Crippen molar-refractivity contribution in [2.75, 3.05) is 31.1 Å². The van der Waals surface area contributed by atoms with Crippen molar-refractivity contribution in [3.63, 3.8) is 0 Å². The number of hydrogen-bond acceptors (Lipinski definition) is 4. The smallest absolute Gasteiger partial charge is 0.253 e. The second-order valence-electron chi connectivity index (χ2n) is 7.29. The van der Waals surface area contributed by atoms with Gasteiger partial charge in [0.1, 0.15) is 5.76 Å². The lowest BCUT2D eigenvalue weighted by molar-refractivity contribution is -0.117. The average molecular weight is 402 g/mol. The second kappa shape index (κ2) is 8.37. The largest absolute Gasteiger partial charge is 0.468 e. The molecular weight excluding hydrogens is 378 g/mol. The Labute approximate surface area is 169 Å². The zero-order chi connectivity index (χ0) is 19.5. The van der Waals surface area contributed by atoms with E-state index in [-0.39, 0.29) is 17.9 Å². The Morgan fingerprint density at radius 2 is 2.00 bits per heavy atom. The number of hydrogen-bond donors (Lipinski definition) is 1. The second-order valence-corrected chi connectivity index (χ2v) is 7.73. The summed E-state index contributed by atoms with van der Waals surface area (Å²) in [4.78, 5) is 29.2. The minimum atomic E-state index is -0.206. The van der Waals surface area contributed by atoms with Crippen LogP contribution in [-0.4, -0.2) is 42.9 Å². The summed E-state index contributed by atoms with van der Waals surface area (Å²) in [5, 5.41) is 3.55. The highest BCUT2D eigenvalue weighted by atomic mass is 35.5. The van der Waals surface area contributed by atoms with Crippen molar-refractivity contribution in [2.24, 2.45) is 0 Å². The van der Waals surface area contributed by atoms with Crippen LogP contribution < -0.4 is 10.2 Å². The molecule has 0 saturated carbocycles. The van der Waals surface area contributed by atoms with Crippen LogP contribution in [0.5, 0.6) is 0 Å². The van der Waals surface area contributed by atoms with Gasteiger partial charge in [-0.2, -0.15) is 0 Å². The highest BCUT2D eigenvalue weighted by Crippen LogP contribution is 2.29. The van der Waals surface area contributed by atoms with E-state index in [1.165, 1.54) is 0 Å². The van der Waals surface area contributed by atoms with Gasteiger partial charge in [0.05, 0.1) is 23.6 Å². The fourth-order valence-corrected chi connectivity index (χ4v) is 4.22. The normalized spacial score (nSPS) is 18.6. The molecule has 148 valence electrons. The summed E-state index contributed by atoms with van der Waals surface area (Å²) < 4.78 is 5.62. The van der Waals surface area contributed by atoms with Gasteiger partial charge in [0.2, 0.25) is 5.91 Å². The van der Waals surface area contributed by atoms with Gasteiger partial charge >= 0.3 is 0 Å². The molecule has 4 rings (SSSR count). The fraction of sp³-hybridized carbons (Fsp3) is 0.429. The van der Waals surface area contributed by atoms with Crippen LogP contribution in [0.15, 0.2) is 41.0 Å². The molecular formula is C21H24ClN3O3. The molecule has 2 aliphatic rings. The minimum absolute atomic E-state index is 0.00520. The molecule has 1 aromatic carbocycles. The van der Waals surface area contributed by atoms with E-state index in [9.17, 15) is 9.59 Å². The third kappa shape index (κ3) is 3.93. The highest BCUT2D eigenvalue weighted by Gasteiger charge is 2.28. The average Bonchev–Trinajstić information content (AvgIpc) is 3.45. The molecule has 3 heterocycles. The Bertz CT molecular complexity index is 847. The fourth-order valence-electron chi connectivity index (χ4n) is 4.05. The molecule has 6 nitrogen and oxygen atoms in total. The zero-order valence-corrected chi connectivity index (χ0v) is 16.5.